The summed E-state index contributed by atoms with van der Waals surface area (Å²) in [5, 5.41) is 29.6. The van der Waals surface area contributed by atoms with E-state index in [1.807, 2.05) is 0 Å². The van der Waals surface area contributed by atoms with Gasteiger partial charge in [0.1, 0.15) is 17.1 Å². The quantitative estimate of drug-likeness (QED) is 0.481. The number of carbonyl (C=O) groups excluding carboxylic acids is 2. The van der Waals surface area contributed by atoms with E-state index >= 15 is 0 Å². The van der Waals surface area contributed by atoms with Crippen molar-refractivity contribution in [2.24, 2.45) is 0 Å². The molecule has 0 bridgehead atoms. The fraction of sp³-hybridized carbons (Fsp3) is 0.294. The third-order valence-electron chi connectivity index (χ3n) is 4.33. The summed E-state index contributed by atoms with van der Waals surface area (Å²) in [7, 11) is 0. The van der Waals surface area contributed by atoms with Gasteiger partial charge in [-0.15, -0.1) is 11.8 Å². The summed E-state index contributed by atoms with van der Waals surface area (Å²) in [6.07, 6.45) is -0.335. The van der Waals surface area contributed by atoms with Crippen LogP contribution in [0.15, 0.2) is 35.5 Å². The van der Waals surface area contributed by atoms with Crippen molar-refractivity contribution in [3.05, 3.63) is 46.7 Å². The molecular formula is C17H16N2O7S. The number of carbonyl (C=O) groups is 4. The number of rotatable bonds is 6. The molecule has 0 radical (unpaired) electrons. The molecule has 1 fully saturated rings. The Morgan fingerprint density at radius 3 is 2.56 bits per heavy atom. The number of β-lactam (4-membered cyclic amide) rings is 1. The van der Waals surface area contributed by atoms with Crippen LogP contribution in [0.25, 0.3) is 0 Å². The van der Waals surface area contributed by atoms with Crippen molar-refractivity contribution < 1.29 is 34.5 Å². The molecule has 0 aromatic heterocycles. The zero-order valence-electron chi connectivity index (χ0n) is 13.9. The van der Waals surface area contributed by atoms with Crippen LogP contribution in [-0.2, 0) is 20.8 Å². The molecular weight excluding hydrogens is 376 g/mol. The van der Waals surface area contributed by atoms with Crippen molar-refractivity contribution >= 4 is 35.5 Å². The van der Waals surface area contributed by atoms with Gasteiger partial charge in [0.25, 0.3) is 11.8 Å². The van der Waals surface area contributed by atoms with E-state index < -0.39 is 41.8 Å². The third kappa shape index (κ3) is 3.40. The van der Waals surface area contributed by atoms with Gasteiger partial charge in [0.05, 0.1) is 13.0 Å². The molecule has 2 heterocycles. The van der Waals surface area contributed by atoms with Crippen molar-refractivity contribution in [1.29, 1.82) is 0 Å². The van der Waals surface area contributed by atoms with E-state index in [0.29, 0.717) is 5.56 Å². The summed E-state index contributed by atoms with van der Waals surface area (Å²) < 4.78 is 0. The number of hydrogen-bond donors (Lipinski definition) is 4. The van der Waals surface area contributed by atoms with Crippen LogP contribution < -0.4 is 5.32 Å². The molecule has 2 atom stereocenters. The second-order valence-corrected chi connectivity index (χ2v) is 7.11. The summed E-state index contributed by atoms with van der Waals surface area (Å²) >= 11 is 1.25. The van der Waals surface area contributed by atoms with Crippen LogP contribution in [-0.4, -0.2) is 67.7 Å². The van der Waals surface area contributed by atoms with Gasteiger partial charge in [-0.1, -0.05) is 18.2 Å². The highest BCUT2D eigenvalue weighted by Crippen LogP contribution is 2.40. The first-order valence-electron chi connectivity index (χ1n) is 7.96. The summed E-state index contributed by atoms with van der Waals surface area (Å²) in [6.45, 7) is -0.468. The molecule has 4 N–H and O–H groups in total. The van der Waals surface area contributed by atoms with E-state index in [2.05, 4.69) is 5.32 Å². The highest BCUT2D eigenvalue weighted by molar-refractivity contribution is 8.00. The number of carboxylic acids is 2. The standard InChI is InChI=1S/C17H16N2O7S/c20-6-9-7-27-16-12(15(24)19(16)13(9)17(25)26)18-14(23)10-4-2-1-3-8(10)5-11(21)22/h1-4,12,16,20H,5-7H2,(H,18,23)(H,21,22)(H,25,26)/t12?,16-/m1/s1. The molecule has 0 aliphatic carbocycles. The van der Waals surface area contributed by atoms with Crippen LogP contribution in [0.3, 0.4) is 0 Å². The Balaban J connectivity index is 1.79. The highest BCUT2D eigenvalue weighted by atomic mass is 32.2. The number of hydrogen-bond acceptors (Lipinski definition) is 6. The van der Waals surface area contributed by atoms with E-state index in [4.69, 9.17) is 5.11 Å². The van der Waals surface area contributed by atoms with Gasteiger partial charge in [-0.2, -0.15) is 0 Å². The number of fused-ring (bicyclic) bond motifs is 1. The van der Waals surface area contributed by atoms with Crippen LogP contribution in [0, 0.1) is 0 Å². The Hall–Kier alpha value is -2.85. The van der Waals surface area contributed by atoms with E-state index in [9.17, 15) is 29.4 Å². The van der Waals surface area contributed by atoms with E-state index in [0.717, 1.165) is 4.90 Å². The summed E-state index contributed by atoms with van der Waals surface area (Å²) in [4.78, 5) is 48.4. The molecule has 10 heteroatoms. The normalized spacial score (nSPS) is 21.4. The molecule has 1 unspecified atom stereocenters. The topological polar surface area (TPSA) is 144 Å². The Bertz CT molecular complexity index is 867. The van der Waals surface area contributed by atoms with E-state index in [1.165, 1.54) is 23.9 Å². The van der Waals surface area contributed by atoms with Gasteiger partial charge < -0.3 is 20.6 Å². The minimum atomic E-state index is -1.31. The third-order valence-corrected chi connectivity index (χ3v) is 5.67. The average Bonchev–Trinajstić information content (AvgIpc) is 2.64. The van der Waals surface area contributed by atoms with Gasteiger partial charge in [-0.25, -0.2) is 4.79 Å². The maximum absolute atomic E-state index is 12.6. The van der Waals surface area contributed by atoms with Gasteiger partial charge in [0, 0.05) is 11.3 Å². The smallest absolute Gasteiger partial charge is 0.352 e. The molecule has 2 aliphatic rings. The second-order valence-electron chi connectivity index (χ2n) is 6.00. The average molecular weight is 392 g/mol. The number of amides is 2. The Labute approximate surface area is 157 Å². The number of thioether (sulfide) groups is 1. The van der Waals surface area contributed by atoms with Gasteiger partial charge in [-0.05, 0) is 17.2 Å². The SMILES string of the molecule is O=C(O)Cc1ccccc1C(=O)NC1C(=O)N2C(C(=O)O)=C(CO)CS[C@H]12. The molecule has 1 aromatic rings. The lowest BCUT2D eigenvalue weighted by molar-refractivity contribution is -0.148. The molecule has 27 heavy (non-hydrogen) atoms. The van der Waals surface area contributed by atoms with Crippen LogP contribution in [0.1, 0.15) is 15.9 Å². The maximum atomic E-state index is 12.6. The van der Waals surface area contributed by atoms with Crippen molar-refractivity contribution in [2.75, 3.05) is 12.4 Å². The molecule has 1 saturated heterocycles. The molecule has 1 aromatic carbocycles. The first-order valence-corrected chi connectivity index (χ1v) is 9.01. The van der Waals surface area contributed by atoms with Gasteiger partial charge in [-0.3, -0.25) is 19.3 Å². The van der Waals surface area contributed by atoms with Crippen LogP contribution in [0.2, 0.25) is 0 Å². The minimum Gasteiger partial charge on any atom is -0.481 e. The van der Waals surface area contributed by atoms with Gasteiger partial charge in [0.2, 0.25) is 0 Å². The van der Waals surface area contributed by atoms with Crippen LogP contribution >= 0.6 is 11.8 Å². The van der Waals surface area contributed by atoms with Crippen molar-refractivity contribution in [1.82, 2.24) is 10.2 Å². The molecule has 0 spiro atoms. The first-order chi connectivity index (χ1) is 12.8. The fourth-order valence-electron chi connectivity index (χ4n) is 3.08. The van der Waals surface area contributed by atoms with Gasteiger partial charge in [0.15, 0.2) is 0 Å². The number of carboxylic acid groups (broad SMARTS) is 2. The number of aliphatic hydroxyl groups excluding tert-OH is 1. The fourth-order valence-corrected chi connectivity index (χ4v) is 4.42. The number of nitrogens with zero attached hydrogens (tertiary/aromatic N) is 1. The zero-order valence-corrected chi connectivity index (χ0v) is 14.7. The second kappa shape index (κ2) is 7.41. The lowest BCUT2D eigenvalue weighted by Crippen LogP contribution is -2.70. The van der Waals surface area contributed by atoms with Crippen LogP contribution in [0.4, 0.5) is 0 Å². The lowest BCUT2D eigenvalue weighted by Gasteiger charge is -2.49. The number of aliphatic hydroxyl groups is 1. The molecule has 2 amide bonds. The van der Waals surface area contributed by atoms with Crippen molar-refractivity contribution in [2.45, 2.75) is 17.8 Å². The largest absolute Gasteiger partial charge is 0.481 e. The molecule has 2 aliphatic heterocycles. The van der Waals surface area contributed by atoms with E-state index in [-0.39, 0.29) is 29.0 Å². The lowest BCUT2D eigenvalue weighted by atomic mass is 10.0. The number of aliphatic carboxylic acids is 2. The summed E-state index contributed by atoms with van der Waals surface area (Å²) in [5.74, 6) is -3.35. The Morgan fingerprint density at radius 1 is 1.22 bits per heavy atom. The molecule has 0 saturated carbocycles. The zero-order chi connectivity index (χ0) is 19.7. The number of benzene rings is 1. The molecule has 142 valence electrons. The van der Waals surface area contributed by atoms with E-state index in [1.54, 1.807) is 12.1 Å². The maximum Gasteiger partial charge on any atom is 0.352 e. The monoisotopic (exact) mass is 392 g/mol. The molecule has 9 nitrogen and oxygen atoms in total. The Kier molecular flexibility index (Phi) is 5.19. The highest BCUT2D eigenvalue weighted by Gasteiger charge is 2.54. The predicted octanol–water partition coefficient (Wildman–Crippen LogP) is -0.342. The van der Waals surface area contributed by atoms with Crippen molar-refractivity contribution in [3.8, 4) is 0 Å². The predicted molar refractivity (Wildman–Crippen MR) is 93.9 cm³/mol. The minimum absolute atomic E-state index is 0.150. The first kappa shape index (κ1) is 18.9. The number of nitrogens with one attached hydrogen (secondary N) is 1. The van der Waals surface area contributed by atoms with Crippen molar-refractivity contribution in [3.63, 3.8) is 0 Å². The Morgan fingerprint density at radius 2 is 1.93 bits per heavy atom. The summed E-state index contributed by atoms with van der Waals surface area (Å²) in [5.41, 5.74) is 0.463. The van der Waals surface area contributed by atoms with Crippen LogP contribution in [0.5, 0.6) is 0 Å². The van der Waals surface area contributed by atoms with Gasteiger partial charge >= 0.3 is 11.9 Å². The molecule has 3 rings (SSSR count). The summed E-state index contributed by atoms with van der Waals surface area (Å²) in [6, 6.07) is 5.27.